The second-order valence-electron chi connectivity index (χ2n) is 7.84. The molecule has 3 aromatic rings. The van der Waals surface area contributed by atoms with E-state index in [-0.39, 0.29) is 24.9 Å². The summed E-state index contributed by atoms with van der Waals surface area (Å²) in [5, 5.41) is 5.58. The number of amides is 3. The summed E-state index contributed by atoms with van der Waals surface area (Å²) in [6, 6.07) is 10.9. The van der Waals surface area contributed by atoms with Gasteiger partial charge in [0.15, 0.2) is 0 Å². The maximum absolute atomic E-state index is 12.4. The Kier molecular flexibility index (Phi) is 6.23. The van der Waals surface area contributed by atoms with Crippen molar-refractivity contribution in [2.45, 2.75) is 11.0 Å². The zero-order valence-corrected chi connectivity index (χ0v) is 19.5. The summed E-state index contributed by atoms with van der Waals surface area (Å²) in [6.07, 6.45) is 3.57. The SMILES string of the molecule is COc1cnc2cccc(C=CC(=O)NC[C@@H]3CN(c4ccc5c(c4)NC(=O)CS5)C(=O)O3)c2n1. The average Bonchev–Trinajstić information content (AvgIpc) is 3.25. The van der Waals surface area contributed by atoms with Gasteiger partial charge in [-0.25, -0.2) is 14.8 Å². The van der Waals surface area contributed by atoms with E-state index in [0.717, 1.165) is 10.5 Å². The third-order valence-corrected chi connectivity index (χ3v) is 6.56. The Balaban J connectivity index is 1.20. The van der Waals surface area contributed by atoms with Crippen LogP contribution in [0.15, 0.2) is 53.6 Å². The fourth-order valence-corrected chi connectivity index (χ4v) is 4.58. The van der Waals surface area contributed by atoms with Gasteiger partial charge in [0.2, 0.25) is 17.7 Å². The molecule has 0 unspecified atom stereocenters. The van der Waals surface area contributed by atoms with Gasteiger partial charge in [-0.1, -0.05) is 12.1 Å². The van der Waals surface area contributed by atoms with Crippen LogP contribution in [0.1, 0.15) is 5.56 Å². The maximum Gasteiger partial charge on any atom is 0.414 e. The molecule has 0 aliphatic carbocycles. The molecule has 11 heteroatoms. The summed E-state index contributed by atoms with van der Waals surface area (Å²) in [5.74, 6) is 0.347. The molecule has 3 amide bonds. The number of hydrogen-bond acceptors (Lipinski definition) is 8. The lowest BCUT2D eigenvalue weighted by Crippen LogP contribution is -2.33. The number of thioether (sulfide) groups is 1. The van der Waals surface area contributed by atoms with Gasteiger partial charge in [-0.3, -0.25) is 14.5 Å². The van der Waals surface area contributed by atoms with Gasteiger partial charge in [-0.2, -0.15) is 0 Å². The number of para-hydroxylation sites is 1. The molecule has 10 nitrogen and oxygen atoms in total. The molecule has 1 aromatic heterocycles. The third-order valence-electron chi connectivity index (χ3n) is 5.49. The summed E-state index contributed by atoms with van der Waals surface area (Å²) in [5.41, 5.74) is 3.33. The summed E-state index contributed by atoms with van der Waals surface area (Å²) < 4.78 is 10.6. The second-order valence-corrected chi connectivity index (χ2v) is 8.86. The van der Waals surface area contributed by atoms with Crippen molar-refractivity contribution in [2.24, 2.45) is 0 Å². The first kappa shape index (κ1) is 22.7. The van der Waals surface area contributed by atoms with Crippen molar-refractivity contribution in [3.05, 3.63) is 54.2 Å². The van der Waals surface area contributed by atoms with E-state index in [1.165, 1.54) is 36.0 Å². The molecule has 2 aliphatic rings. The molecule has 1 saturated heterocycles. The molecule has 2 N–H and O–H groups in total. The van der Waals surface area contributed by atoms with Gasteiger partial charge in [-0.15, -0.1) is 11.8 Å². The summed E-state index contributed by atoms with van der Waals surface area (Å²) in [7, 11) is 1.52. The first-order chi connectivity index (χ1) is 17.0. The van der Waals surface area contributed by atoms with Crippen molar-refractivity contribution in [3.8, 4) is 5.88 Å². The number of fused-ring (bicyclic) bond motifs is 2. The number of cyclic esters (lactones) is 1. The average molecular weight is 492 g/mol. The fraction of sp³-hybridized carbons (Fsp3) is 0.208. The minimum atomic E-state index is -0.507. The monoisotopic (exact) mass is 491 g/mol. The van der Waals surface area contributed by atoms with Gasteiger partial charge in [0.05, 0.1) is 48.9 Å². The predicted octanol–water partition coefficient (Wildman–Crippen LogP) is 2.84. The van der Waals surface area contributed by atoms with Crippen LogP contribution in [0.5, 0.6) is 5.88 Å². The number of carbonyl (C=O) groups is 3. The molecule has 1 fully saturated rings. The lowest BCUT2D eigenvalue weighted by molar-refractivity contribution is -0.117. The van der Waals surface area contributed by atoms with E-state index in [2.05, 4.69) is 20.6 Å². The van der Waals surface area contributed by atoms with Gasteiger partial charge < -0.3 is 20.1 Å². The Morgan fingerprint density at radius 3 is 3.09 bits per heavy atom. The molecular weight excluding hydrogens is 470 g/mol. The van der Waals surface area contributed by atoms with Gasteiger partial charge in [0.25, 0.3) is 0 Å². The minimum absolute atomic E-state index is 0.0769. The number of anilines is 2. The normalized spacial score (nSPS) is 17.3. The van der Waals surface area contributed by atoms with Gasteiger partial charge >= 0.3 is 6.09 Å². The summed E-state index contributed by atoms with van der Waals surface area (Å²) >= 11 is 1.45. The maximum atomic E-state index is 12.4. The van der Waals surface area contributed by atoms with Crippen molar-refractivity contribution in [3.63, 3.8) is 0 Å². The quantitative estimate of drug-likeness (QED) is 0.505. The molecule has 5 rings (SSSR count). The number of rotatable bonds is 6. The van der Waals surface area contributed by atoms with Crippen molar-refractivity contribution < 1.29 is 23.9 Å². The minimum Gasteiger partial charge on any atom is -0.480 e. The highest BCUT2D eigenvalue weighted by Crippen LogP contribution is 2.35. The van der Waals surface area contributed by atoms with Gasteiger partial charge in [-0.05, 0) is 30.3 Å². The van der Waals surface area contributed by atoms with Crippen LogP contribution in [0.4, 0.5) is 16.2 Å². The van der Waals surface area contributed by atoms with Crippen molar-refractivity contribution in [1.82, 2.24) is 15.3 Å². The molecule has 0 saturated carbocycles. The van der Waals surface area contributed by atoms with Crippen LogP contribution < -0.4 is 20.3 Å². The van der Waals surface area contributed by atoms with E-state index in [4.69, 9.17) is 9.47 Å². The Morgan fingerprint density at radius 1 is 1.34 bits per heavy atom. The molecule has 35 heavy (non-hydrogen) atoms. The smallest absolute Gasteiger partial charge is 0.414 e. The number of aromatic nitrogens is 2. The number of methoxy groups -OCH3 is 1. The first-order valence-corrected chi connectivity index (χ1v) is 11.8. The topological polar surface area (TPSA) is 123 Å². The number of nitrogens with zero attached hydrogens (tertiary/aromatic N) is 3. The third kappa shape index (κ3) is 4.90. The predicted molar refractivity (Wildman–Crippen MR) is 132 cm³/mol. The number of benzene rings is 2. The largest absolute Gasteiger partial charge is 0.480 e. The Bertz CT molecular complexity index is 1360. The van der Waals surface area contributed by atoms with E-state index in [0.29, 0.717) is 34.0 Å². The number of carbonyl (C=O) groups excluding carboxylic acids is 3. The van der Waals surface area contributed by atoms with Crippen molar-refractivity contribution in [2.75, 3.05) is 36.2 Å². The van der Waals surface area contributed by atoms with Crippen LogP contribution in [0.25, 0.3) is 17.1 Å². The molecule has 2 aromatic carbocycles. The van der Waals surface area contributed by atoms with E-state index in [1.54, 1.807) is 12.1 Å². The highest BCUT2D eigenvalue weighted by atomic mass is 32.2. The molecule has 0 radical (unpaired) electrons. The molecule has 0 bridgehead atoms. The van der Waals surface area contributed by atoms with E-state index >= 15 is 0 Å². The lowest BCUT2D eigenvalue weighted by atomic mass is 10.1. The summed E-state index contributed by atoms with van der Waals surface area (Å²) in [6.45, 7) is 0.438. The number of nitrogens with one attached hydrogen (secondary N) is 2. The molecule has 1 atom stereocenters. The first-order valence-electron chi connectivity index (χ1n) is 10.8. The Morgan fingerprint density at radius 2 is 2.23 bits per heavy atom. The molecule has 3 heterocycles. The Labute approximate surface area is 204 Å². The van der Waals surface area contributed by atoms with E-state index < -0.39 is 12.2 Å². The zero-order chi connectivity index (χ0) is 24.4. The van der Waals surface area contributed by atoms with Gasteiger partial charge in [0.1, 0.15) is 6.10 Å². The van der Waals surface area contributed by atoms with Crippen LogP contribution >= 0.6 is 11.8 Å². The van der Waals surface area contributed by atoms with Crippen LogP contribution in [0, 0.1) is 0 Å². The molecule has 0 spiro atoms. The van der Waals surface area contributed by atoms with Crippen molar-refractivity contribution in [1.29, 1.82) is 0 Å². The van der Waals surface area contributed by atoms with Crippen LogP contribution in [0.2, 0.25) is 0 Å². The van der Waals surface area contributed by atoms with Crippen LogP contribution in [-0.4, -0.2) is 59.9 Å². The number of ether oxygens (including phenoxy) is 2. The van der Waals surface area contributed by atoms with Crippen LogP contribution in [0.3, 0.4) is 0 Å². The van der Waals surface area contributed by atoms with Gasteiger partial charge in [0, 0.05) is 22.2 Å². The fourth-order valence-electron chi connectivity index (χ4n) is 3.79. The molecule has 2 aliphatic heterocycles. The van der Waals surface area contributed by atoms with E-state index in [9.17, 15) is 14.4 Å². The highest BCUT2D eigenvalue weighted by molar-refractivity contribution is 8.00. The molecule has 178 valence electrons. The lowest BCUT2D eigenvalue weighted by Gasteiger charge is -2.19. The molecular formula is C24H21N5O5S. The highest BCUT2D eigenvalue weighted by Gasteiger charge is 2.33. The standard InChI is InChI=1S/C24H21N5O5S/c1-33-22-11-25-17-4-2-3-14(23(17)28-22)5-8-20(30)26-10-16-12-29(24(32)34-16)15-6-7-19-18(9-15)27-21(31)13-35-19/h2-9,11,16H,10,12-13H2,1H3,(H,26,30)(H,27,31)/t16-/m1/s1. The van der Waals surface area contributed by atoms with Crippen molar-refractivity contribution >= 4 is 58.2 Å². The zero-order valence-electron chi connectivity index (χ0n) is 18.7. The van der Waals surface area contributed by atoms with E-state index in [1.807, 2.05) is 30.3 Å². The second kappa shape index (κ2) is 9.63. The summed E-state index contributed by atoms with van der Waals surface area (Å²) in [4.78, 5) is 47.6. The number of hydrogen-bond donors (Lipinski definition) is 2. The van der Waals surface area contributed by atoms with Crippen LogP contribution in [-0.2, 0) is 14.3 Å². The Hall–Kier alpha value is -4.12.